The van der Waals surface area contributed by atoms with Gasteiger partial charge in [-0.25, -0.2) is 0 Å². The summed E-state index contributed by atoms with van der Waals surface area (Å²) in [6.45, 7) is 6.34. The minimum atomic E-state index is -0.800. The van der Waals surface area contributed by atoms with Gasteiger partial charge in [0, 0.05) is 19.3 Å². The van der Waals surface area contributed by atoms with E-state index in [0.29, 0.717) is 19.3 Å². The normalized spacial score (nSPS) is 12.4. The number of carbonyl (C=O) groups excluding carboxylic acids is 3. The molecule has 0 saturated heterocycles. The Hall–Kier alpha value is -3.67. The third-order valence-electron chi connectivity index (χ3n) is 10.6. The molecular formula is C57H94O6. The fraction of sp³-hybridized carbons (Fsp3) is 0.667. The van der Waals surface area contributed by atoms with E-state index in [-0.39, 0.29) is 31.1 Å². The Labute approximate surface area is 387 Å². The lowest BCUT2D eigenvalue weighted by Crippen LogP contribution is -2.30. The van der Waals surface area contributed by atoms with Crippen molar-refractivity contribution >= 4 is 17.9 Å². The first-order chi connectivity index (χ1) is 31.0. The standard InChI is InChI=1S/C57H94O6/c1-4-7-10-13-16-19-22-25-28-31-34-37-40-43-46-49-55(58)61-52-54(63-57(60)51-48-45-42-39-36-33-30-27-24-21-18-15-12-9-6-3)53-62-56(59)50-47-44-41-38-35-32-29-26-23-20-17-14-11-8-5-2/h7-8,10-11,16-21,25-30,54H,4-6,9,12-15,22-24,31-53H2,1-3H3/b10-7-,11-8-,19-16-,20-17-,21-18-,28-25-,29-26-,30-27-. The summed E-state index contributed by atoms with van der Waals surface area (Å²) >= 11 is 0. The van der Waals surface area contributed by atoms with Crippen LogP contribution in [0.25, 0.3) is 0 Å². The molecule has 0 unspecified atom stereocenters. The summed E-state index contributed by atoms with van der Waals surface area (Å²) < 4.78 is 16.8. The van der Waals surface area contributed by atoms with Gasteiger partial charge in [0.15, 0.2) is 6.10 Å². The largest absolute Gasteiger partial charge is 0.462 e. The first-order valence-electron chi connectivity index (χ1n) is 25.7. The molecule has 6 heteroatoms. The minimum Gasteiger partial charge on any atom is -0.462 e. The van der Waals surface area contributed by atoms with Crippen molar-refractivity contribution in [3.05, 3.63) is 97.2 Å². The van der Waals surface area contributed by atoms with E-state index < -0.39 is 6.10 Å². The molecule has 0 amide bonds. The Morgan fingerprint density at radius 1 is 0.333 bits per heavy atom. The first-order valence-corrected chi connectivity index (χ1v) is 25.7. The SMILES string of the molecule is CC/C=C\C/C=C\C/C=C\CCCCCCCC(=O)OCC(COC(=O)CCCCCCC/C=C\C/C=C\C/C=C\CC)OC(=O)CCCCCCC/C=C\C/C=C\CCCCC. The van der Waals surface area contributed by atoms with Crippen molar-refractivity contribution in [2.24, 2.45) is 0 Å². The van der Waals surface area contributed by atoms with Gasteiger partial charge in [0.2, 0.25) is 0 Å². The maximum Gasteiger partial charge on any atom is 0.306 e. The highest BCUT2D eigenvalue weighted by atomic mass is 16.6. The van der Waals surface area contributed by atoms with Crippen molar-refractivity contribution in [2.45, 2.75) is 232 Å². The molecule has 0 N–H and O–H groups in total. The van der Waals surface area contributed by atoms with Gasteiger partial charge in [-0.15, -0.1) is 0 Å². The second-order valence-electron chi connectivity index (χ2n) is 16.7. The summed E-state index contributed by atoms with van der Waals surface area (Å²) in [5.41, 5.74) is 0. The Morgan fingerprint density at radius 3 is 0.968 bits per heavy atom. The zero-order chi connectivity index (χ0) is 45.8. The molecule has 0 fully saturated rings. The van der Waals surface area contributed by atoms with Gasteiger partial charge in [-0.1, -0.05) is 189 Å². The molecule has 0 heterocycles. The number of carbonyl (C=O) groups is 3. The van der Waals surface area contributed by atoms with Gasteiger partial charge in [-0.2, -0.15) is 0 Å². The number of rotatable bonds is 45. The maximum atomic E-state index is 12.8. The van der Waals surface area contributed by atoms with Gasteiger partial charge >= 0.3 is 17.9 Å². The number of ether oxygens (including phenoxy) is 3. The fourth-order valence-electron chi connectivity index (χ4n) is 6.73. The average Bonchev–Trinajstić information content (AvgIpc) is 3.28. The molecular weight excluding hydrogens is 781 g/mol. The van der Waals surface area contributed by atoms with Crippen molar-refractivity contribution in [3.8, 4) is 0 Å². The van der Waals surface area contributed by atoms with E-state index in [2.05, 4.69) is 118 Å². The molecule has 0 atom stereocenters. The number of unbranched alkanes of at least 4 members (excludes halogenated alkanes) is 18. The molecule has 6 nitrogen and oxygen atoms in total. The molecule has 0 rings (SSSR count). The summed E-state index contributed by atoms with van der Waals surface area (Å²) in [6, 6.07) is 0. The van der Waals surface area contributed by atoms with E-state index in [1.54, 1.807) is 0 Å². The third-order valence-corrected chi connectivity index (χ3v) is 10.6. The molecule has 0 aromatic rings. The fourth-order valence-corrected chi connectivity index (χ4v) is 6.73. The third kappa shape index (κ3) is 49.2. The minimum absolute atomic E-state index is 0.0992. The monoisotopic (exact) mass is 875 g/mol. The van der Waals surface area contributed by atoms with Crippen molar-refractivity contribution < 1.29 is 28.6 Å². The van der Waals surface area contributed by atoms with Crippen LogP contribution in [-0.4, -0.2) is 37.2 Å². The van der Waals surface area contributed by atoms with Gasteiger partial charge in [0.05, 0.1) is 0 Å². The summed E-state index contributed by atoms with van der Waals surface area (Å²) in [7, 11) is 0. The smallest absolute Gasteiger partial charge is 0.306 e. The van der Waals surface area contributed by atoms with Crippen LogP contribution >= 0.6 is 0 Å². The van der Waals surface area contributed by atoms with Crippen LogP contribution < -0.4 is 0 Å². The quantitative estimate of drug-likeness (QED) is 0.0262. The van der Waals surface area contributed by atoms with E-state index in [1.165, 1.54) is 25.7 Å². The predicted octanol–water partition coefficient (Wildman–Crippen LogP) is 17.0. The Balaban J connectivity index is 4.48. The van der Waals surface area contributed by atoms with E-state index in [0.717, 1.165) is 161 Å². The van der Waals surface area contributed by atoms with Crippen molar-refractivity contribution in [3.63, 3.8) is 0 Å². The molecule has 0 aliphatic rings. The Kier molecular flexibility index (Phi) is 48.0. The second-order valence-corrected chi connectivity index (χ2v) is 16.7. The molecule has 0 aliphatic carbocycles. The average molecular weight is 875 g/mol. The summed E-state index contributed by atoms with van der Waals surface area (Å²) in [5.74, 6) is -0.949. The Morgan fingerprint density at radius 2 is 0.619 bits per heavy atom. The molecule has 0 bridgehead atoms. The molecule has 0 radical (unpaired) electrons. The van der Waals surface area contributed by atoms with Crippen molar-refractivity contribution in [1.29, 1.82) is 0 Å². The molecule has 0 aromatic heterocycles. The van der Waals surface area contributed by atoms with Crippen LogP contribution in [0.15, 0.2) is 97.2 Å². The summed E-state index contributed by atoms with van der Waals surface area (Å²) in [5, 5.41) is 0. The number of hydrogen-bond acceptors (Lipinski definition) is 6. The lowest BCUT2D eigenvalue weighted by molar-refractivity contribution is -0.167. The lowest BCUT2D eigenvalue weighted by Gasteiger charge is -2.18. The van der Waals surface area contributed by atoms with Crippen LogP contribution in [0.2, 0.25) is 0 Å². The van der Waals surface area contributed by atoms with E-state index in [4.69, 9.17) is 14.2 Å². The molecule has 0 aromatic carbocycles. The summed E-state index contributed by atoms with van der Waals surface area (Å²) in [4.78, 5) is 38.0. The molecule has 0 aliphatic heterocycles. The first kappa shape index (κ1) is 59.3. The van der Waals surface area contributed by atoms with E-state index >= 15 is 0 Å². The van der Waals surface area contributed by atoms with Crippen molar-refractivity contribution in [2.75, 3.05) is 13.2 Å². The van der Waals surface area contributed by atoms with Gasteiger partial charge in [-0.05, 0) is 116 Å². The highest BCUT2D eigenvalue weighted by Gasteiger charge is 2.19. The topological polar surface area (TPSA) is 78.9 Å². The number of allylic oxidation sites excluding steroid dienone is 16. The van der Waals surface area contributed by atoms with E-state index in [1.807, 2.05) is 0 Å². The molecule has 358 valence electrons. The Bertz CT molecular complexity index is 1210. The van der Waals surface area contributed by atoms with Gasteiger partial charge < -0.3 is 14.2 Å². The van der Waals surface area contributed by atoms with Gasteiger partial charge in [0.1, 0.15) is 13.2 Å². The second kappa shape index (κ2) is 51.0. The number of hydrogen-bond donors (Lipinski definition) is 0. The zero-order valence-electron chi connectivity index (χ0n) is 40.8. The van der Waals surface area contributed by atoms with E-state index in [9.17, 15) is 14.4 Å². The van der Waals surface area contributed by atoms with Crippen LogP contribution in [-0.2, 0) is 28.6 Å². The summed E-state index contributed by atoms with van der Waals surface area (Å²) in [6.07, 6.45) is 66.7. The lowest BCUT2D eigenvalue weighted by atomic mass is 10.1. The van der Waals surface area contributed by atoms with Crippen LogP contribution in [0.5, 0.6) is 0 Å². The number of esters is 3. The van der Waals surface area contributed by atoms with Gasteiger partial charge in [-0.3, -0.25) is 14.4 Å². The maximum absolute atomic E-state index is 12.8. The van der Waals surface area contributed by atoms with Gasteiger partial charge in [0.25, 0.3) is 0 Å². The van der Waals surface area contributed by atoms with Crippen LogP contribution in [0, 0.1) is 0 Å². The highest BCUT2D eigenvalue weighted by molar-refractivity contribution is 5.71. The highest BCUT2D eigenvalue weighted by Crippen LogP contribution is 2.13. The van der Waals surface area contributed by atoms with Crippen LogP contribution in [0.3, 0.4) is 0 Å². The molecule has 0 saturated carbocycles. The molecule has 0 spiro atoms. The molecule has 63 heavy (non-hydrogen) atoms. The van der Waals surface area contributed by atoms with Crippen LogP contribution in [0.1, 0.15) is 226 Å². The van der Waals surface area contributed by atoms with Crippen LogP contribution in [0.4, 0.5) is 0 Å². The predicted molar refractivity (Wildman–Crippen MR) is 270 cm³/mol. The zero-order valence-corrected chi connectivity index (χ0v) is 40.8. The van der Waals surface area contributed by atoms with Crippen molar-refractivity contribution in [1.82, 2.24) is 0 Å².